The van der Waals surface area contributed by atoms with Crippen molar-refractivity contribution in [1.82, 2.24) is 0 Å². The topological polar surface area (TPSA) is 87.0 Å². The fourth-order valence-electron chi connectivity index (χ4n) is 0.724. The van der Waals surface area contributed by atoms with Crippen LogP contribution in [0.15, 0.2) is 11.1 Å². The van der Waals surface area contributed by atoms with Gasteiger partial charge in [-0.05, 0) is 20.8 Å². The van der Waals surface area contributed by atoms with Crippen molar-refractivity contribution in [3.8, 4) is 0 Å². The van der Waals surface area contributed by atoms with E-state index in [9.17, 15) is 4.79 Å². The Kier molecular flexibility index (Phi) is 5.49. The molecule has 0 atom stereocenters. The first-order valence-corrected chi connectivity index (χ1v) is 4.62. The van der Waals surface area contributed by atoms with Gasteiger partial charge in [0, 0.05) is 5.57 Å². The van der Waals surface area contributed by atoms with Crippen molar-refractivity contribution in [3.63, 3.8) is 0 Å². The van der Waals surface area contributed by atoms with Crippen molar-refractivity contribution >= 4 is 5.97 Å². The van der Waals surface area contributed by atoms with Gasteiger partial charge in [-0.1, -0.05) is 5.57 Å². The summed E-state index contributed by atoms with van der Waals surface area (Å²) in [6.45, 7) is 3.20. The highest BCUT2D eigenvalue weighted by Crippen LogP contribution is 2.13. The SMILES string of the molecule is CC(C)=C(C)C(=O)OC(CO)(CO)CO. The Hall–Kier alpha value is -0.910. The quantitative estimate of drug-likeness (QED) is 0.432. The molecule has 3 N–H and O–H groups in total. The fourth-order valence-corrected chi connectivity index (χ4v) is 0.724. The summed E-state index contributed by atoms with van der Waals surface area (Å²) in [5, 5.41) is 26.8. The van der Waals surface area contributed by atoms with Crippen molar-refractivity contribution in [3.05, 3.63) is 11.1 Å². The largest absolute Gasteiger partial charge is 0.448 e. The maximum absolute atomic E-state index is 11.5. The number of carbonyl (C=O) groups is 1. The molecule has 0 aliphatic carbocycles. The Morgan fingerprint density at radius 2 is 1.47 bits per heavy atom. The summed E-state index contributed by atoms with van der Waals surface area (Å²) in [7, 11) is 0. The zero-order valence-electron chi connectivity index (χ0n) is 9.28. The third kappa shape index (κ3) is 3.62. The van der Waals surface area contributed by atoms with E-state index in [1.54, 1.807) is 20.8 Å². The molecule has 0 aromatic heterocycles. The minimum absolute atomic E-state index is 0.398. The Labute approximate surface area is 89.0 Å². The number of allylic oxidation sites excluding steroid dienone is 1. The highest BCUT2D eigenvalue weighted by atomic mass is 16.6. The molecule has 0 aliphatic heterocycles. The molecular weight excluding hydrogens is 200 g/mol. The van der Waals surface area contributed by atoms with Crippen LogP contribution in [0.25, 0.3) is 0 Å². The summed E-state index contributed by atoms with van der Waals surface area (Å²) < 4.78 is 4.86. The molecular formula is C10H18O5. The molecule has 0 fully saturated rings. The Balaban J connectivity index is 4.71. The van der Waals surface area contributed by atoms with Gasteiger partial charge in [0.15, 0.2) is 5.60 Å². The van der Waals surface area contributed by atoms with Gasteiger partial charge in [-0.2, -0.15) is 0 Å². The van der Waals surface area contributed by atoms with Crippen LogP contribution in [0, 0.1) is 0 Å². The van der Waals surface area contributed by atoms with E-state index < -0.39 is 31.4 Å². The van der Waals surface area contributed by atoms with E-state index in [0.29, 0.717) is 5.57 Å². The van der Waals surface area contributed by atoms with E-state index >= 15 is 0 Å². The summed E-state index contributed by atoms with van der Waals surface area (Å²) in [6, 6.07) is 0. The van der Waals surface area contributed by atoms with Crippen LogP contribution in [-0.2, 0) is 9.53 Å². The highest BCUT2D eigenvalue weighted by Gasteiger charge is 2.33. The summed E-state index contributed by atoms with van der Waals surface area (Å²) in [5.41, 5.74) is -0.425. The molecule has 5 heteroatoms. The highest BCUT2D eigenvalue weighted by molar-refractivity contribution is 5.88. The van der Waals surface area contributed by atoms with Gasteiger partial charge in [0.2, 0.25) is 0 Å². The number of aliphatic hydroxyl groups excluding tert-OH is 3. The molecule has 0 aliphatic rings. The van der Waals surface area contributed by atoms with Gasteiger partial charge >= 0.3 is 5.97 Å². The molecule has 0 radical (unpaired) electrons. The third-order valence-corrected chi connectivity index (χ3v) is 2.23. The van der Waals surface area contributed by atoms with Gasteiger partial charge < -0.3 is 20.1 Å². The van der Waals surface area contributed by atoms with Crippen molar-refractivity contribution < 1.29 is 24.9 Å². The molecule has 0 aromatic rings. The van der Waals surface area contributed by atoms with Crippen LogP contribution in [0.2, 0.25) is 0 Å². The van der Waals surface area contributed by atoms with E-state index in [2.05, 4.69) is 0 Å². The lowest BCUT2D eigenvalue weighted by Crippen LogP contribution is -2.46. The number of ether oxygens (including phenoxy) is 1. The predicted molar refractivity (Wildman–Crippen MR) is 54.1 cm³/mol. The molecule has 0 unspecified atom stereocenters. The van der Waals surface area contributed by atoms with E-state index in [0.717, 1.165) is 5.57 Å². The summed E-state index contributed by atoms with van der Waals surface area (Å²) >= 11 is 0. The average molecular weight is 218 g/mol. The number of aliphatic hydroxyl groups is 3. The minimum Gasteiger partial charge on any atom is -0.448 e. The van der Waals surface area contributed by atoms with Crippen LogP contribution in [-0.4, -0.2) is 46.7 Å². The molecule has 0 heterocycles. The Morgan fingerprint density at radius 1 is 1.07 bits per heavy atom. The van der Waals surface area contributed by atoms with Crippen LogP contribution in [0.3, 0.4) is 0 Å². The first kappa shape index (κ1) is 14.1. The monoisotopic (exact) mass is 218 g/mol. The van der Waals surface area contributed by atoms with Crippen molar-refractivity contribution in [2.45, 2.75) is 26.4 Å². The summed E-state index contributed by atoms with van der Waals surface area (Å²) in [4.78, 5) is 11.5. The predicted octanol–water partition coefficient (Wildman–Crippen LogP) is -0.398. The molecule has 0 aromatic carbocycles. The molecule has 15 heavy (non-hydrogen) atoms. The molecule has 0 amide bonds. The maximum Gasteiger partial charge on any atom is 0.334 e. The number of hydrogen-bond acceptors (Lipinski definition) is 5. The van der Waals surface area contributed by atoms with Crippen molar-refractivity contribution in [2.24, 2.45) is 0 Å². The molecule has 0 bridgehead atoms. The van der Waals surface area contributed by atoms with E-state index in [-0.39, 0.29) is 0 Å². The second-order valence-electron chi connectivity index (χ2n) is 3.67. The van der Waals surface area contributed by atoms with Crippen LogP contribution < -0.4 is 0 Å². The molecule has 0 spiro atoms. The standard InChI is InChI=1S/C10H18O5/c1-7(2)8(3)9(14)15-10(4-11,5-12)6-13/h11-13H,4-6H2,1-3H3. The van der Waals surface area contributed by atoms with Crippen LogP contribution in [0.5, 0.6) is 0 Å². The Bertz CT molecular complexity index is 240. The van der Waals surface area contributed by atoms with Crippen LogP contribution >= 0.6 is 0 Å². The number of carbonyl (C=O) groups excluding carboxylic acids is 1. The summed E-state index contributed by atoms with van der Waals surface area (Å²) in [6.07, 6.45) is 0. The third-order valence-electron chi connectivity index (χ3n) is 2.23. The molecule has 0 saturated carbocycles. The molecule has 88 valence electrons. The zero-order valence-corrected chi connectivity index (χ0v) is 9.28. The van der Waals surface area contributed by atoms with E-state index in [1.165, 1.54) is 0 Å². The van der Waals surface area contributed by atoms with Gasteiger partial charge in [-0.3, -0.25) is 0 Å². The van der Waals surface area contributed by atoms with E-state index in [4.69, 9.17) is 20.1 Å². The van der Waals surface area contributed by atoms with Crippen molar-refractivity contribution in [2.75, 3.05) is 19.8 Å². The molecule has 5 nitrogen and oxygen atoms in total. The van der Waals surface area contributed by atoms with Gasteiger partial charge in [0.05, 0.1) is 19.8 Å². The second-order valence-corrected chi connectivity index (χ2v) is 3.67. The number of hydrogen-bond donors (Lipinski definition) is 3. The Morgan fingerprint density at radius 3 is 1.73 bits per heavy atom. The lowest BCUT2D eigenvalue weighted by molar-refractivity contribution is -0.172. The first-order chi connectivity index (χ1) is 6.92. The van der Waals surface area contributed by atoms with E-state index in [1.807, 2.05) is 0 Å². The van der Waals surface area contributed by atoms with Gasteiger partial charge in [0.1, 0.15) is 0 Å². The summed E-state index contributed by atoms with van der Waals surface area (Å²) in [5.74, 6) is -0.646. The van der Waals surface area contributed by atoms with Crippen LogP contribution in [0.1, 0.15) is 20.8 Å². The smallest absolute Gasteiger partial charge is 0.334 e. The van der Waals surface area contributed by atoms with Gasteiger partial charge in [0.25, 0.3) is 0 Å². The normalized spacial score (nSPS) is 11.1. The maximum atomic E-state index is 11.5. The van der Waals surface area contributed by atoms with Crippen LogP contribution in [0.4, 0.5) is 0 Å². The zero-order chi connectivity index (χ0) is 12.1. The fraction of sp³-hybridized carbons (Fsp3) is 0.700. The molecule has 0 rings (SSSR count). The minimum atomic E-state index is -1.60. The van der Waals surface area contributed by atoms with Gasteiger partial charge in [-0.25, -0.2) is 4.79 Å². The average Bonchev–Trinajstić information content (AvgIpc) is 2.24. The van der Waals surface area contributed by atoms with Gasteiger partial charge in [-0.15, -0.1) is 0 Å². The second kappa shape index (κ2) is 5.85. The lowest BCUT2D eigenvalue weighted by Gasteiger charge is -2.27. The first-order valence-electron chi connectivity index (χ1n) is 4.62. The number of esters is 1. The lowest BCUT2D eigenvalue weighted by atomic mass is 10.1. The molecule has 0 saturated heterocycles. The van der Waals surface area contributed by atoms with Crippen molar-refractivity contribution in [1.29, 1.82) is 0 Å². The number of rotatable bonds is 5.